The first kappa shape index (κ1) is 12.7. The molecule has 0 bridgehead atoms. The van der Waals surface area contributed by atoms with E-state index in [1.165, 1.54) is 24.8 Å². The lowest BCUT2D eigenvalue weighted by Gasteiger charge is -2.19. The average Bonchev–Trinajstić information content (AvgIpc) is 2.04. The minimum absolute atomic E-state index is 0.167. The summed E-state index contributed by atoms with van der Waals surface area (Å²) >= 11 is 0. The van der Waals surface area contributed by atoms with E-state index >= 15 is 0 Å². The summed E-state index contributed by atoms with van der Waals surface area (Å²) in [4.78, 5) is 0. The first-order chi connectivity index (χ1) is 6.07. The second-order valence-electron chi connectivity index (χ2n) is 3.70. The zero-order chi connectivity index (χ0) is 10.3. The zero-order valence-corrected chi connectivity index (χ0v) is 9.21. The molecule has 0 saturated heterocycles. The summed E-state index contributed by atoms with van der Waals surface area (Å²) in [7, 11) is 1.79. The molecular weight excluding hydrogens is 164 g/mol. The molecule has 0 saturated carbocycles. The Morgan fingerprint density at radius 3 is 2.38 bits per heavy atom. The molecule has 78 valence electrons. The molecule has 2 nitrogen and oxygen atoms in total. The van der Waals surface area contributed by atoms with E-state index < -0.39 is 0 Å². The van der Waals surface area contributed by atoms with E-state index in [2.05, 4.69) is 13.0 Å². The number of ether oxygens (including phenoxy) is 1. The van der Waals surface area contributed by atoms with Gasteiger partial charge in [-0.2, -0.15) is 0 Å². The third-order valence-corrected chi connectivity index (χ3v) is 1.93. The number of aliphatic hydroxyl groups excluding tert-OH is 1. The molecule has 0 spiro atoms. The van der Waals surface area contributed by atoms with E-state index in [9.17, 15) is 0 Å². The molecule has 0 fully saturated rings. The van der Waals surface area contributed by atoms with E-state index in [1.54, 1.807) is 21.0 Å². The summed E-state index contributed by atoms with van der Waals surface area (Å²) in [5, 5.41) is 8.06. The molecular formula is C11H22O2. The second-order valence-corrected chi connectivity index (χ2v) is 3.70. The van der Waals surface area contributed by atoms with Crippen molar-refractivity contribution in [3.63, 3.8) is 0 Å². The smallest absolute Gasteiger partial charge is 0.0778 e. The van der Waals surface area contributed by atoms with Crippen molar-refractivity contribution in [2.75, 3.05) is 7.11 Å². The van der Waals surface area contributed by atoms with Crippen LogP contribution in [-0.4, -0.2) is 24.4 Å². The van der Waals surface area contributed by atoms with Gasteiger partial charge >= 0.3 is 0 Å². The van der Waals surface area contributed by atoms with E-state index in [0.29, 0.717) is 6.10 Å². The van der Waals surface area contributed by atoms with E-state index in [0.717, 1.165) is 0 Å². The third kappa shape index (κ3) is 6.79. The summed E-state index contributed by atoms with van der Waals surface area (Å²) in [6.07, 6.45) is 6.26. The summed E-state index contributed by atoms with van der Waals surface area (Å²) in [6.45, 7) is 5.59. The van der Waals surface area contributed by atoms with Crippen molar-refractivity contribution in [1.82, 2.24) is 0 Å². The predicted octanol–water partition coefficient (Wildman–Crippen LogP) is 2.52. The Balaban J connectivity index is 0.000000310. The largest absolute Gasteiger partial charge is 0.394 e. The maximum atomic E-state index is 8.06. The van der Waals surface area contributed by atoms with Crippen LogP contribution in [0.25, 0.3) is 0 Å². The third-order valence-electron chi connectivity index (χ3n) is 1.93. The van der Waals surface area contributed by atoms with Crippen molar-refractivity contribution < 1.29 is 9.84 Å². The van der Waals surface area contributed by atoms with Crippen molar-refractivity contribution >= 4 is 0 Å². The molecule has 2 heteroatoms. The summed E-state index contributed by atoms with van der Waals surface area (Å²) in [5.41, 5.74) is 1.41. The van der Waals surface area contributed by atoms with E-state index in [-0.39, 0.29) is 6.10 Å². The molecule has 1 atom stereocenters. The number of hydrogen-bond acceptors (Lipinski definition) is 2. The topological polar surface area (TPSA) is 29.5 Å². The van der Waals surface area contributed by atoms with Gasteiger partial charge < -0.3 is 9.84 Å². The van der Waals surface area contributed by atoms with Gasteiger partial charge in [0.05, 0.1) is 6.10 Å². The maximum absolute atomic E-state index is 8.06. The second kappa shape index (κ2) is 7.10. The molecule has 1 N–H and O–H groups in total. The van der Waals surface area contributed by atoms with Gasteiger partial charge in [0.25, 0.3) is 0 Å². The zero-order valence-electron chi connectivity index (χ0n) is 9.21. The Kier molecular flexibility index (Phi) is 6.92. The quantitative estimate of drug-likeness (QED) is 0.638. The molecule has 0 aromatic heterocycles. The number of hydrogen-bond donors (Lipinski definition) is 1. The molecule has 1 aliphatic rings. The first-order valence-electron chi connectivity index (χ1n) is 4.95. The van der Waals surface area contributed by atoms with Crippen molar-refractivity contribution in [1.29, 1.82) is 0 Å². The van der Waals surface area contributed by atoms with Crippen LogP contribution in [0.1, 0.15) is 40.0 Å². The lowest BCUT2D eigenvalue weighted by Crippen LogP contribution is -2.14. The molecule has 0 aromatic rings. The molecule has 1 aliphatic carbocycles. The molecule has 13 heavy (non-hydrogen) atoms. The Morgan fingerprint density at radius 1 is 1.54 bits per heavy atom. The summed E-state index contributed by atoms with van der Waals surface area (Å²) in [6, 6.07) is 0. The van der Waals surface area contributed by atoms with Crippen LogP contribution in [0.4, 0.5) is 0 Å². The Labute approximate surface area is 81.6 Å². The van der Waals surface area contributed by atoms with Crippen molar-refractivity contribution in [3.8, 4) is 0 Å². The molecule has 1 unspecified atom stereocenters. The van der Waals surface area contributed by atoms with Crippen molar-refractivity contribution in [2.45, 2.75) is 52.2 Å². The minimum atomic E-state index is -0.167. The van der Waals surface area contributed by atoms with Gasteiger partial charge in [0.2, 0.25) is 0 Å². The summed E-state index contributed by atoms with van der Waals surface area (Å²) in [5.74, 6) is 0. The van der Waals surface area contributed by atoms with Gasteiger partial charge in [-0.3, -0.25) is 0 Å². The number of methoxy groups -OCH3 is 1. The number of aliphatic hydroxyl groups is 1. The van der Waals surface area contributed by atoms with Crippen LogP contribution in [-0.2, 0) is 4.74 Å². The highest BCUT2D eigenvalue weighted by atomic mass is 16.5. The molecule has 0 aliphatic heterocycles. The molecule has 0 heterocycles. The standard InChI is InChI=1S/C8H14O.C3H8O/c1-7-5-3-4-6-8(7)9-2;1-3(2)4/h5,8H,3-4,6H2,1-2H3;3-4H,1-2H3. The van der Waals surface area contributed by atoms with E-state index in [4.69, 9.17) is 9.84 Å². The fourth-order valence-corrected chi connectivity index (χ4v) is 1.30. The van der Waals surface area contributed by atoms with Gasteiger partial charge in [0, 0.05) is 13.2 Å². The SMILES string of the molecule is CC(C)O.COC1CCCC=C1C. The highest BCUT2D eigenvalue weighted by molar-refractivity contribution is 5.07. The van der Waals surface area contributed by atoms with Crippen LogP contribution in [0.15, 0.2) is 11.6 Å². The molecule has 0 aromatic carbocycles. The number of allylic oxidation sites excluding steroid dienone is 1. The van der Waals surface area contributed by atoms with Crippen LogP contribution >= 0.6 is 0 Å². The van der Waals surface area contributed by atoms with Gasteiger partial charge in [-0.1, -0.05) is 6.08 Å². The monoisotopic (exact) mass is 186 g/mol. The molecule has 1 rings (SSSR count). The van der Waals surface area contributed by atoms with Crippen LogP contribution in [0.3, 0.4) is 0 Å². The van der Waals surface area contributed by atoms with Crippen molar-refractivity contribution in [3.05, 3.63) is 11.6 Å². The van der Waals surface area contributed by atoms with Crippen LogP contribution in [0.5, 0.6) is 0 Å². The Bertz CT molecular complexity index is 147. The van der Waals surface area contributed by atoms with Gasteiger partial charge in [0.15, 0.2) is 0 Å². The number of rotatable bonds is 1. The van der Waals surface area contributed by atoms with Gasteiger partial charge in [-0.15, -0.1) is 0 Å². The van der Waals surface area contributed by atoms with Gasteiger partial charge in [0.1, 0.15) is 0 Å². The first-order valence-corrected chi connectivity index (χ1v) is 4.95. The Morgan fingerprint density at radius 2 is 2.08 bits per heavy atom. The van der Waals surface area contributed by atoms with Crippen LogP contribution in [0, 0.1) is 0 Å². The predicted molar refractivity (Wildman–Crippen MR) is 55.8 cm³/mol. The van der Waals surface area contributed by atoms with E-state index in [1.807, 2.05) is 0 Å². The fraction of sp³-hybridized carbons (Fsp3) is 0.818. The molecule has 0 amide bonds. The fourth-order valence-electron chi connectivity index (χ4n) is 1.30. The highest BCUT2D eigenvalue weighted by Gasteiger charge is 2.11. The summed E-state index contributed by atoms with van der Waals surface area (Å²) < 4.78 is 5.24. The highest BCUT2D eigenvalue weighted by Crippen LogP contribution is 2.19. The minimum Gasteiger partial charge on any atom is -0.394 e. The molecule has 0 radical (unpaired) electrons. The lowest BCUT2D eigenvalue weighted by atomic mass is 9.98. The average molecular weight is 186 g/mol. The van der Waals surface area contributed by atoms with Gasteiger partial charge in [-0.25, -0.2) is 0 Å². The van der Waals surface area contributed by atoms with Crippen LogP contribution < -0.4 is 0 Å². The lowest BCUT2D eigenvalue weighted by molar-refractivity contribution is 0.118. The van der Waals surface area contributed by atoms with Crippen LogP contribution in [0.2, 0.25) is 0 Å². The normalized spacial score (nSPS) is 22.0. The van der Waals surface area contributed by atoms with Gasteiger partial charge in [-0.05, 0) is 45.6 Å². The maximum Gasteiger partial charge on any atom is 0.0778 e. The Hall–Kier alpha value is -0.340. The van der Waals surface area contributed by atoms with Crippen molar-refractivity contribution in [2.24, 2.45) is 0 Å².